The van der Waals surface area contributed by atoms with Gasteiger partial charge in [-0.3, -0.25) is 0 Å². The van der Waals surface area contributed by atoms with Crippen molar-refractivity contribution in [3.05, 3.63) is 77.9 Å². The van der Waals surface area contributed by atoms with Gasteiger partial charge >= 0.3 is 0 Å². The minimum absolute atomic E-state index is 0.981. The number of hydrogen-bond donors (Lipinski definition) is 0. The van der Waals surface area contributed by atoms with E-state index in [1.807, 2.05) is 0 Å². The summed E-state index contributed by atoms with van der Waals surface area (Å²) in [5.41, 5.74) is 4.02. The maximum absolute atomic E-state index is 2.25. The second-order valence-corrected chi connectivity index (χ2v) is 5.35. The van der Waals surface area contributed by atoms with Crippen molar-refractivity contribution in [3.63, 3.8) is 0 Å². The molecule has 0 saturated heterocycles. The first-order valence-electron chi connectivity index (χ1n) is 6.97. The van der Waals surface area contributed by atoms with Crippen LogP contribution in [-0.4, -0.2) is 14.1 Å². The number of hydrogen-bond acceptors (Lipinski definition) is 1. The van der Waals surface area contributed by atoms with Crippen LogP contribution in [0.4, 0.5) is 5.69 Å². The zero-order valence-corrected chi connectivity index (χ0v) is 12.0. The van der Waals surface area contributed by atoms with Crippen LogP contribution >= 0.6 is 0 Å². The van der Waals surface area contributed by atoms with E-state index >= 15 is 0 Å². The van der Waals surface area contributed by atoms with E-state index in [4.69, 9.17) is 0 Å². The third kappa shape index (κ3) is 2.39. The fraction of sp³-hybridized carbons (Fsp3) is 0.158. The normalized spacial score (nSPS) is 10.7. The van der Waals surface area contributed by atoms with Crippen LogP contribution in [0, 0.1) is 0 Å². The standard InChI is InChI=1S/C19H19N/c1-20(2)19-13-12-16(14-15-8-4-3-5-9-15)17-10-6-7-11-18(17)19/h3-13H,14H2,1-2H3. The first-order valence-corrected chi connectivity index (χ1v) is 6.97. The molecule has 0 aliphatic heterocycles. The van der Waals surface area contributed by atoms with Crippen molar-refractivity contribution >= 4 is 16.5 Å². The van der Waals surface area contributed by atoms with E-state index in [9.17, 15) is 0 Å². The number of nitrogens with zero attached hydrogens (tertiary/aromatic N) is 1. The first-order chi connectivity index (χ1) is 9.75. The summed E-state index contributed by atoms with van der Waals surface area (Å²) < 4.78 is 0. The van der Waals surface area contributed by atoms with Gasteiger partial charge in [0.1, 0.15) is 0 Å². The molecule has 20 heavy (non-hydrogen) atoms. The highest BCUT2D eigenvalue weighted by Gasteiger charge is 2.07. The van der Waals surface area contributed by atoms with E-state index in [0.717, 1.165) is 6.42 Å². The molecule has 0 fully saturated rings. The fourth-order valence-corrected chi connectivity index (χ4v) is 2.71. The van der Waals surface area contributed by atoms with Crippen molar-refractivity contribution in [1.82, 2.24) is 0 Å². The number of benzene rings is 3. The second kappa shape index (κ2) is 5.38. The van der Waals surface area contributed by atoms with E-state index in [0.29, 0.717) is 0 Å². The van der Waals surface area contributed by atoms with Crippen molar-refractivity contribution in [2.24, 2.45) is 0 Å². The van der Waals surface area contributed by atoms with Gasteiger partial charge in [0.2, 0.25) is 0 Å². The molecule has 0 heterocycles. The maximum Gasteiger partial charge on any atom is 0.0440 e. The Labute approximate surface area is 120 Å². The smallest absolute Gasteiger partial charge is 0.0440 e. The average molecular weight is 261 g/mol. The van der Waals surface area contributed by atoms with Crippen molar-refractivity contribution in [1.29, 1.82) is 0 Å². The molecule has 0 bridgehead atoms. The monoisotopic (exact) mass is 261 g/mol. The molecule has 0 saturated carbocycles. The Balaban J connectivity index is 2.11. The molecular weight excluding hydrogens is 242 g/mol. The molecule has 0 N–H and O–H groups in total. The highest BCUT2D eigenvalue weighted by molar-refractivity contribution is 5.96. The Morgan fingerprint density at radius 3 is 2.05 bits per heavy atom. The molecular formula is C19H19N. The van der Waals surface area contributed by atoms with Gasteiger partial charge in [-0.05, 0) is 29.0 Å². The highest BCUT2D eigenvalue weighted by Crippen LogP contribution is 2.29. The van der Waals surface area contributed by atoms with Crippen molar-refractivity contribution in [2.75, 3.05) is 19.0 Å². The molecule has 0 unspecified atom stereocenters. The number of fused-ring (bicyclic) bond motifs is 1. The van der Waals surface area contributed by atoms with Crippen LogP contribution in [0.5, 0.6) is 0 Å². The summed E-state index contributed by atoms with van der Waals surface area (Å²) in [7, 11) is 4.19. The Bertz CT molecular complexity index is 714. The van der Waals surface area contributed by atoms with Crippen LogP contribution in [0.1, 0.15) is 11.1 Å². The quantitative estimate of drug-likeness (QED) is 0.671. The SMILES string of the molecule is CN(C)c1ccc(Cc2ccccc2)c2ccccc12. The van der Waals surface area contributed by atoms with E-state index in [1.165, 1.54) is 27.6 Å². The van der Waals surface area contributed by atoms with Crippen LogP contribution in [0.3, 0.4) is 0 Å². The third-order valence-corrected chi connectivity index (χ3v) is 3.71. The summed E-state index contributed by atoms with van der Waals surface area (Å²) in [5.74, 6) is 0. The molecule has 0 aliphatic rings. The Kier molecular flexibility index (Phi) is 3.42. The molecule has 0 aliphatic carbocycles. The van der Waals surface area contributed by atoms with Gasteiger partial charge in [0.15, 0.2) is 0 Å². The predicted molar refractivity (Wildman–Crippen MR) is 87.5 cm³/mol. The molecule has 3 aromatic rings. The summed E-state index contributed by atoms with van der Waals surface area (Å²) in [5, 5.41) is 2.67. The van der Waals surface area contributed by atoms with Crippen LogP contribution in [0.15, 0.2) is 66.7 Å². The fourth-order valence-electron chi connectivity index (χ4n) is 2.71. The molecule has 3 rings (SSSR count). The van der Waals surface area contributed by atoms with Gasteiger partial charge in [-0.2, -0.15) is 0 Å². The van der Waals surface area contributed by atoms with Gasteiger partial charge in [0.05, 0.1) is 0 Å². The lowest BCUT2D eigenvalue weighted by molar-refractivity contribution is 1.14. The molecule has 0 aromatic heterocycles. The third-order valence-electron chi connectivity index (χ3n) is 3.71. The Hall–Kier alpha value is -2.28. The minimum Gasteiger partial charge on any atom is -0.377 e. The Morgan fingerprint density at radius 1 is 0.700 bits per heavy atom. The lowest BCUT2D eigenvalue weighted by Gasteiger charge is -2.17. The molecule has 3 aromatic carbocycles. The van der Waals surface area contributed by atoms with Crippen LogP contribution < -0.4 is 4.90 Å². The average Bonchev–Trinajstić information content (AvgIpc) is 2.48. The molecule has 100 valence electrons. The first kappa shape index (κ1) is 12.7. The maximum atomic E-state index is 2.25. The molecule has 0 radical (unpaired) electrons. The number of rotatable bonds is 3. The summed E-state index contributed by atoms with van der Waals surface area (Å²) in [6.45, 7) is 0. The van der Waals surface area contributed by atoms with Crippen LogP contribution in [-0.2, 0) is 6.42 Å². The topological polar surface area (TPSA) is 3.24 Å². The van der Waals surface area contributed by atoms with E-state index in [-0.39, 0.29) is 0 Å². The summed E-state index contributed by atoms with van der Waals surface area (Å²) in [6.07, 6.45) is 0.981. The van der Waals surface area contributed by atoms with Gasteiger partial charge in [-0.15, -0.1) is 0 Å². The summed E-state index contributed by atoms with van der Waals surface area (Å²) in [4.78, 5) is 2.18. The minimum atomic E-state index is 0.981. The van der Waals surface area contributed by atoms with Crippen LogP contribution in [0.25, 0.3) is 10.8 Å². The predicted octanol–water partition coefficient (Wildman–Crippen LogP) is 4.50. The number of anilines is 1. The second-order valence-electron chi connectivity index (χ2n) is 5.35. The van der Waals surface area contributed by atoms with Gasteiger partial charge < -0.3 is 4.90 Å². The zero-order chi connectivity index (χ0) is 13.9. The lowest BCUT2D eigenvalue weighted by Crippen LogP contribution is -2.09. The largest absolute Gasteiger partial charge is 0.377 e. The van der Waals surface area contributed by atoms with Crippen molar-refractivity contribution in [2.45, 2.75) is 6.42 Å². The van der Waals surface area contributed by atoms with Gasteiger partial charge in [-0.1, -0.05) is 60.7 Å². The highest BCUT2D eigenvalue weighted by atomic mass is 15.1. The van der Waals surface area contributed by atoms with Gasteiger partial charge in [0, 0.05) is 25.2 Å². The lowest BCUT2D eigenvalue weighted by atomic mass is 9.97. The van der Waals surface area contributed by atoms with E-state index in [2.05, 4.69) is 85.7 Å². The Morgan fingerprint density at radius 2 is 1.35 bits per heavy atom. The van der Waals surface area contributed by atoms with Crippen LogP contribution in [0.2, 0.25) is 0 Å². The van der Waals surface area contributed by atoms with E-state index < -0.39 is 0 Å². The zero-order valence-electron chi connectivity index (χ0n) is 12.0. The van der Waals surface area contributed by atoms with Gasteiger partial charge in [0.25, 0.3) is 0 Å². The van der Waals surface area contributed by atoms with Crippen molar-refractivity contribution < 1.29 is 0 Å². The summed E-state index contributed by atoms with van der Waals surface area (Å²) in [6, 6.07) is 23.8. The molecule has 1 nitrogen and oxygen atoms in total. The molecule has 0 spiro atoms. The van der Waals surface area contributed by atoms with Gasteiger partial charge in [-0.25, -0.2) is 0 Å². The summed E-state index contributed by atoms with van der Waals surface area (Å²) >= 11 is 0. The molecule has 0 atom stereocenters. The molecule has 1 heteroatoms. The molecule has 0 amide bonds. The van der Waals surface area contributed by atoms with E-state index in [1.54, 1.807) is 0 Å². The van der Waals surface area contributed by atoms with Crippen molar-refractivity contribution in [3.8, 4) is 0 Å².